The van der Waals surface area contributed by atoms with Crippen LogP contribution in [0, 0.1) is 17.8 Å². The van der Waals surface area contributed by atoms with E-state index in [4.69, 9.17) is 5.11 Å². The van der Waals surface area contributed by atoms with Crippen molar-refractivity contribution in [3.05, 3.63) is 23.8 Å². The van der Waals surface area contributed by atoms with Crippen LogP contribution in [-0.2, 0) is 14.4 Å². The fourth-order valence-electron chi connectivity index (χ4n) is 0.892. The van der Waals surface area contributed by atoms with Gasteiger partial charge in [-0.2, -0.15) is 0 Å². The van der Waals surface area contributed by atoms with Gasteiger partial charge in [0.05, 0.1) is 0 Å². The number of hydrogen-bond donors (Lipinski definition) is 1. The van der Waals surface area contributed by atoms with Gasteiger partial charge in [-0.25, -0.2) is 4.79 Å². The molecule has 0 saturated carbocycles. The molecular formula is C20H38O4. The Kier molecular flexibility index (Phi) is 22.2. The summed E-state index contributed by atoms with van der Waals surface area (Å²) in [4.78, 5) is 30.6. The molecule has 0 aliphatic heterocycles. The third kappa shape index (κ3) is 32.3. The largest absolute Gasteiger partial charge is 0.478 e. The maximum atomic E-state index is 10.6. The summed E-state index contributed by atoms with van der Waals surface area (Å²) >= 11 is 0. The summed E-state index contributed by atoms with van der Waals surface area (Å²) in [5.41, 5.74) is 0.866. The Bertz CT molecular complexity index is 413. The van der Waals surface area contributed by atoms with Gasteiger partial charge in [0, 0.05) is 12.0 Å². The van der Waals surface area contributed by atoms with Gasteiger partial charge in [0.2, 0.25) is 0 Å². The predicted octanol–water partition coefficient (Wildman–Crippen LogP) is 5.33. The summed E-state index contributed by atoms with van der Waals surface area (Å²) < 4.78 is 0. The van der Waals surface area contributed by atoms with E-state index < -0.39 is 5.97 Å². The van der Waals surface area contributed by atoms with Gasteiger partial charge in [-0.05, 0) is 38.2 Å². The first-order chi connectivity index (χ1) is 10.3. The molecule has 0 unspecified atom stereocenters. The van der Waals surface area contributed by atoms with Crippen molar-refractivity contribution in [1.82, 2.24) is 0 Å². The standard InChI is InChI=1S/C8H14O.C6H10O2.C5H10O.CH4/c1-6(2)5-7(3)8(4)9;1-5(2)3-4-6(7)8;1-4(2)5(3)6;/h5-6H,1-4H3;3-5H,1-2H3,(H,7,8);4H,1-3H3;1H4/b7-5-;4-3+;;. The lowest BCUT2D eigenvalue weighted by atomic mass is 10.1. The van der Waals surface area contributed by atoms with Crippen LogP contribution < -0.4 is 0 Å². The number of carboxylic acid groups (broad SMARTS) is 1. The molecule has 0 fully saturated rings. The number of ketones is 2. The van der Waals surface area contributed by atoms with E-state index in [1.165, 1.54) is 0 Å². The van der Waals surface area contributed by atoms with Crippen LogP contribution in [0.3, 0.4) is 0 Å². The van der Waals surface area contributed by atoms with E-state index >= 15 is 0 Å². The highest BCUT2D eigenvalue weighted by atomic mass is 16.4. The topological polar surface area (TPSA) is 71.4 Å². The molecule has 142 valence electrons. The second-order valence-electron chi connectivity index (χ2n) is 6.36. The van der Waals surface area contributed by atoms with Gasteiger partial charge in [-0.3, -0.25) is 9.59 Å². The molecule has 0 saturated heterocycles. The number of rotatable bonds is 5. The molecule has 0 radical (unpaired) electrons. The molecule has 0 aliphatic rings. The Hall–Kier alpha value is -1.71. The number of Topliss-reactive ketones (excluding diaryl/α,β-unsaturated/α-hetero) is 2. The molecule has 0 heterocycles. The van der Waals surface area contributed by atoms with Crippen molar-refractivity contribution in [3.8, 4) is 0 Å². The van der Waals surface area contributed by atoms with Gasteiger partial charge in [0.1, 0.15) is 5.78 Å². The maximum Gasteiger partial charge on any atom is 0.327 e. The first-order valence-electron chi connectivity index (χ1n) is 7.92. The minimum Gasteiger partial charge on any atom is -0.478 e. The summed E-state index contributed by atoms with van der Waals surface area (Å²) in [6.07, 6.45) is 4.77. The number of hydrogen-bond acceptors (Lipinski definition) is 3. The van der Waals surface area contributed by atoms with Gasteiger partial charge < -0.3 is 5.11 Å². The van der Waals surface area contributed by atoms with Crippen LogP contribution in [0.2, 0.25) is 0 Å². The average Bonchev–Trinajstić information content (AvgIpc) is 2.36. The molecule has 0 aromatic rings. The second-order valence-corrected chi connectivity index (χ2v) is 6.36. The minimum atomic E-state index is -0.876. The molecule has 0 aromatic heterocycles. The lowest BCUT2D eigenvalue weighted by Gasteiger charge is -1.96. The number of allylic oxidation sites excluding steroid dienone is 3. The molecule has 4 heteroatoms. The Labute approximate surface area is 149 Å². The number of carbonyl (C=O) groups excluding carboxylic acids is 2. The zero-order valence-corrected chi connectivity index (χ0v) is 16.1. The van der Waals surface area contributed by atoms with Crippen molar-refractivity contribution in [2.24, 2.45) is 17.8 Å². The maximum absolute atomic E-state index is 10.6. The molecule has 0 aromatic carbocycles. The number of carbonyl (C=O) groups is 3. The van der Waals surface area contributed by atoms with E-state index in [1.807, 2.05) is 40.7 Å². The van der Waals surface area contributed by atoms with Crippen LogP contribution in [0.1, 0.15) is 69.7 Å². The van der Waals surface area contributed by atoms with Crippen molar-refractivity contribution < 1.29 is 19.5 Å². The Morgan fingerprint density at radius 2 is 1.21 bits per heavy atom. The molecule has 0 atom stereocenters. The molecule has 0 aliphatic carbocycles. The van der Waals surface area contributed by atoms with Crippen LogP contribution in [0.5, 0.6) is 0 Å². The monoisotopic (exact) mass is 342 g/mol. The van der Waals surface area contributed by atoms with E-state index in [2.05, 4.69) is 13.8 Å². The summed E-state index contributed by atoms with van der Waals surface area (Å²) in [5.74, 6) is 0.572. The van der Waals surface area contributed by atoms with Crippen LogP contribution in [-0.4, -0.2) is 22.6 Å². The Morgan fingerprint density at radius 3 is 1.29 bits per heavy atom. The van der Waals surface area contributed by atoms with Crippen molar-refractivity contribution >= 4 is 17.5 Å². The van der Waals surface area contributed by atoms with Crippen molar-refractivity contribution in [3.63, 3.8) is 0 Å². The van der Waals surface area contributed by atoms with Crippen LogP contribution in [0.4, 0.5) is 0 Å². The summed E-state index contributed by atoms with van der Waals surface area (Å²) in [5, 5.41) is 8.08. The normalized spacial score (nSPS) is 10.6. The molecule has 0 amide bonds. The van der Waals surface area contributed by atoms with Crippen molar-refractivity contribution in [2.75, 3.05) is 0 Å². The zero-order valence-electron chi connectivity index (χ0n) is 16.1. The number of carboxylic acids is 1. The van der Waals surface area contributed by atoms with Crippen LogP contribution in [0.25, 0.3) is 0 Å². The second kappa shape index (κ2) is 17.6. The first kappa shape index (κ1) is 30.2. The van der Waals surface area contributed by atoms with Gasteiger partial charge in [0.25, 0.3) is 0 Å². The fraction of sp³-hybridized carbons (Fsp3) is 0.650. The fourth-order valence-corrected chi connectivity index (χ4v) is 0.892. The highest BCUT2D eigenvalue weighted by Crippen LogP contribution is 2.01. The van der Waals surface area contributed by atoms with Crippen LogP contribution in [0.15, 0.2) is 23.8 Å². The van der Waals surface area contributed by atoms with E-state index in [1.54, 1.807) is 19.9 Å². The Balaban J connectivity index is -0.000000125. The molecule has 0 bridgehead atoms. The highest BCUT2D eigenvalue weighted by Gasteiger charge is 1.95. The van der Waals surface area contributed by atoms with Gasteiger partial charge in [-0.1, -0.05) is 61.1 Å². The van der Waals surface area contributed by atoms with E-state index in [0.29, 0.717) is 11.8 Å². The van der Waals surface area contributed by atoms with Crippen molar-refractivity contribution in [1.29, 1.82) is 0 Å². The number of aliphatic carboxylic acids is 1. The molecule has 0 rings (SSSR count). The zero-order chi connectivity index (χ0) is 19.2. The first-order valence-corrected chi connectivity index (χ1v) is 7.92. The third-order valence-corrected chi connectivity index (χ3v) is 2.58. The minimum absolute atomic E-state index is 0. The van der Waals surface area contributed by atoms with E-state index in [9.17, 15) is 14.4 Å². The summed E-state index contributed by atoms with van der Waals surface area (Å²) in [6.45, 7) is 16.8. The third-order valence-electron chi connectivity index (χ3n) is 2.58. The lowest BCUT2D eigenvalue weighted by molar-refractivity contribution is -0.131. The Morgan fingerprint density at radius 1 is 0.833 bits per heavy atom. The molecule has 4 nitrogen and oxygen atoms in total. The summed E-state index contributed by atoms with van der Waals surface area (Å²) in [6, 6.07) is 0. The molecule has 24 heavy (non-hydrogen) atoms. The van der Waals surface area contributed by atoms with Gasteiger partial charge in [-0.15, -0.1) is 0 Å². The van der Waals surface area contributed by atoms with Crippen molar-refractivity contribution in [2.45, 2.75) is 69.7 Å². The smallest absolute Gasteiger partial charge is 0.327 e. The van der Waals surface area contributed by atoms with Crippen LogP contribution >= 0.6 is 0 Å². The summed E-state index contributed by atoms with van der Waals surface area (Å²) in [7, 11) is 0. The van der Waals surface area contributed by atoms with E-state index in [-0.39, 0.29) is 24.9 Å². The SMILES string of the molecule is C.CC(=O)/C(C)=C\C(C)C.CC(=O)C(C)C.CC(C)/C=C/C(=O)O. The van der Waals surface area contributed by atoms with Gasteiger partial charge >= 0.3 is 5.97 Å². The lowest BCUT2D eigenvalue weighted by Crippen LogP contribution is -1.98. The average molecular weight is 343 g/mol. The van der Waals surface area contributed by atoms with Gasteiger partial charge in [0.15, 0.2) is 5.78 Å². The quantitative estimate of drug-likeness (QED) is 0.686. The molecule has 1 N–H and O–H groups in total. The molecular weight excluding hydrogens is 304 g/mol. The van der Waals surface area contributed by atoms with E-state index in [0.717, 1.165) is 11.6 Å². The molecule has 0 spiro atoms. The predicted molar refractivity (Wildman–Crippen MR) is 103 cm³/mol. The highest BCUT2D eigenvalue weighted by molar-refractivity contribution is 5.92.